The quantitative estimate of drug-likeness (QED) is 0.807. The highest BCUT2D eigenvalue weighted by Crippen LogP contribution is 2.24. The lowest BCUT2D eigenvalue weighted by Crippen LogP contribution is -2.11. The van der Waals surface area contributed by atoms with Crippen molar-refractivity contribution in [2.75, 3.05) is 0 Å². The molecule has 0 spiro atoms. The van der Waals surface area contributed by atoms with Gasteiger partial charge in [-0.15, -0.1) is 0 Å². The molecule has 105 valence electrons. The number of nitrogens with zero attached hydrogens (tertiary/aromatic N) is 1. The van der Waals surface area contributed by atoms with Gasteiger partial charge in [-0.3, -0.25) is 0 Å². The first-order valence-corrected chi connectivity index (χ1v) is 7.88. The SMILES string of the molecule is NS(=O)(=O)c1ccc(-c2cccn2-c2[c]cccc2)cc1. The van der Waals surface area contributed by atoms with E-state index in [4.69, 9.17) is 5.14 Å². The van der Waals surface area contributed by atoms with E-state index in [0.29, 0.717) is 0 Å². The van der Waals surface area contributed by atoms with Gasteiger partial charge in [0.05, 0.1) is 16.3 Å². The van der Waals surface area contributed by atoms with Crippen LogP contribution in [0.15, 0.2) is 71.8 Å². The van der Waals surface area contributed by atoms with Crippen molar-refractivity contribution >= 4 is 10.0 Å². The fourth-order valence-electron chi connectivity index (χ4n) is 2.18. The molecule has 5 heteroatoms. The average Bonchev–Trinajstić information content (AvgIpc) is 2.97. The molecule has 21 heavy (non-hydrogen) atoms. The summed E-state index contributed by atoms with van der Waals surface area (Å²) in [5.74, 6) is 0. The molecule has 4 nitrogen and oxygen atoms in total. The zero-order valence-corrected chi connectivity index (χ0v) is 11.9. The van der Waals surface area contributed by atoms with Crippen LogP contribution in [0.2, 0.25) is 0 Å². The van der Waals surface area contributed by atoms with Gasteiger partial charge >= 0.3 is 0 Å². The molecule has 1 radical (unpaired) electrons. The molecule has 0 aliphatic carbocycles. The average molecular weight is 297 g/mol. The fourth-order valence-corrected chi connectivity index (χ4v) is 2.69. The number of nitrogens with two attached hydrogens (primary N) is 1. The topological polar surface area (TPSA) is 65.1 Å². The van der Waals surface area contributed by atoms with E-state index in [2.05, 4.69) is 6.07 Å². The summed E-state index contributed by atoms with van der Waals surface area (Å²) in [6.45, 7) is 0. The molecule has 2 aromatic carbocycles. The smallest absolute Gasteiger partial charge is 0.238 e. The minimum absolute atomic E-state index is 0.107. The van der Waals surface area contributed by atoms with Crippen LogP contribution in [0.5, 0.6) is 0 Å². The van der Waals surface area contributed by atoms with Crippen LogP contribution in [0, 0.1) is 6.07 Å². The Morgan fingerprint density at radius 1 is 0.952 bits per heavy atom. The molecule has 0 amide bonds. The van der Waals surface area contributed by atoms with E-state index in [-0.39, 0.29) is 4.90 Å². The van der Waals surface area contributed by atoms with E-state index in [1.54, 1.807) is 12.1 Å². The molecule has 0 saturated heterocycles. The third-order valence-corrected chi connectivity index (χ3v) is 4.11. The molecule has 0 atom stereocenters. The van der Waals surface area contributed by atoms with Crippen LogP contribution < -0.4 is 5.14 Å². The molecule has 0 unspecified atom stereocenters. The Morgan fingerprint density at radius 2 is 1.71 bits per heavy atom. The van der Waals surface area contributed by atoms with Gasteiger partial charge in [-0.1, -0.05) is 30.3 Å². The van der Waals surface area contributed by atoms with E-state index in [0.717, 1.165) is 16.9 Å². The summed E-state index contributed by atoms with van der Waals surface area (Å²) >= 11 is 0. The third kappa shape index (κ3) is 2.74. The minimum atomic E-state index is -3.66. The number of aromatic nitrogens is 1. The Kier molecular flexibility index (Phi) is 3.37. The highest BCUT2D eigenvalue weighted by atomic mass is 32.2. The Labute approximate surface area is 123 Å². The van der Waals surface area contributed by atoms with Crippen molar-refractivity contribution in [1.29, 1.82) is 0 Å². The number of hydrogen-bond donors (Lipinski definition) is 1. The Hall–Kier alpha value is -2.37. The van der Waals surface area contributed by atoms with Gasteiger partial charge in [-0.05, 0) is 35.9 Å². The second-order valence-electron chi connectivity index (χ2n) is 4.58. The summed E-state index contributed by atoms with van der Waals surface area (Å²) in [5, 5.41) is 5.11. The maximum Gasteiger partial charge on any atom is 0.238 e. The van der Waals surface area contributed by atoms with Gasteiger partial charge in [0.2, 0.25) is 10.0 Å². The van der Waals surface area contributed by atoms with Gasteiger partial charge in [-0.25, -0.2) is 13.6 Å². The summed E-state index contributed by atoms with van der Waals surface area (Å²) in [4.78, 5) is 0.107. The molecule has 1 heterocycles. The molecule has 0 aliphatic rings. The molecular formula is C16H13N2O2S. The highest BCUT2D eigenvalue weighted by Gasteiger charge is 2.09. The van der Waals surface area contributed by atoms with Gasteiger partial charge in [0, 0.05) is 12.3 Å². The number of rotatable bonds is 3. The van der Waals surface area contributed by atoms with E-state index in [1.807, 2.05) is 47.2 Å². The van der Waals surface area contributed by atoms with Crippen molar-refractivity contribution in [3.63, 3.8) is 0 Å². The van der Waals surface area contributed by atoms with Crippen molar-refractivity contribution in [3.8, 4) is 16.9 Å². The monoisotopic (exact) mass is 297 g/mol. The van der Waals surface area contributed by atoms with Gasteiger partial charge in [0.1, 0.15) is 0 Å². The number of primary sulfonamides is 1. The molecule has 0 fully saturated rings. The first-order chi connectivity index (χ1) is 10.1. The molecule has 0 saturated carbocycles. The standard InChI is InChI=1S/C16H13N2O2S/c17-21(19,20)15-10-8-13(9-11-15)16-7-4-12-18(16)14-5-2-1-3-6-14/h1-5,7-12H,(H2,17,19,20). The van der Waals surface area contributed by atoms with Gasteiger partial charge in [-0.2, -0.15) is 0 Å². The van der Waals surface area contributed by atoms with Gasteiger partial charge in [0.25, 0.3) is 0 Å². The maximum absolute atomic E-state index is 11.3. The van der Waals surface area contributed by atoms with Crippen LogP contribution in [0.3, 0.4) is 0 Å². The summed E-state index contributed by atoms with van der Waals surface area (Å²) in [6.07, 6.45) is 1.94. The largest absolute Gasteiger partial charge is 0.316 e. The number of hydrogen-bond acceptors (Lipinski definition) is 2. The Morgan fingerprint density at radius 3 is 2.33 bits per heavy atom. The van der Waals surface area contributed by atoms with Crippen LogP contribution in [0.25, 0.3) is 16.9 Å². The Balaban J connectivity index is 2.05. The zero-order chi connectivity index (χ0) is 14.9. The minimum Gasteiger partial charge on any atom is -0.316 e. The predicted molar refractivity (Wildman–Crippen MR) is 81.4 cm³/mol. The molecular weight excluding hydrogens is 284 g/mol. The summed E-state index contributed by atoms with van der Waals surface area (Å²) in [6, 6.07) is 21.2. The first-order valence-electron chi connectivity index (χ1n) is 6.33. The number of benzene rings is 2. The second-order valence-corrected chi connectivity index (χ2v) is 6.14. The Bertz CT molecular complexity index is 851. The predicted octanol–water partition coefficient (Wildman–Crippen LogP) is 2.59. The summed E-state index contributed by atoms with van der Waals surface area (Å²) < 4.78 is 24.6. The fraction of sp³-hybridized carbons (Fsp3) is 0. The van der Waals surface area contributed by atoms with Gasteiger partial charge in [0.15, 0.2) is 0 Å². The van der Waals surface area contributed by atoms with E-state index in [9.17, 15) is 8.42 Å². The highest BCUT2D eigenvalue weighted by molar-refractivity contribution is 7.89. The maximum atomic E-state index is 11.3. The lowest BCUT2D eigenvalue weighted by Gasteiger charge is -2.09. The van der Waals surface area contributed by atoms with Gasteiger partial charge < -0.3 is 4.57 Å². The van der Waals surface area contributed by atoms with Crippen molar-refractivity contribution < 1.29 is 8.42 Å². The molecule has 3 aromatic rings. The third-order valence-electron chi connectivity index (χ3n) is 3.18. The van der Waals surface area contributed by atoms with Crippen molar-refractivity contribution in [3.05, 3.63) is 72.9 Å². The van der Waals surface area contributed by atoms with Crippen LogP contribution in [-0.4, -0.2) is 13.0 Å². The first kappa shape index (κ1) is 13.6. The van der Waals surface area contributed by atoms with Crippen LogP contribution in [-0.2, 0) is 10.0 Å². The molecule has 3 rings (SSSR count). The second kappa shape index (κ2) is 5.20. The van der Waals surface area contributed by atoms with Crippen molar-refractivity contribution in [2.45, 2.75) is 4.90 Å². The van der Waals surface area contributed by atoms with Crippen LogP contribution in [0.4, 0.5) is 0 Å². The zero-order valence-electron chi connectivity index (χ0n) is 11.1. The molecule has 0 bridgehead atoms. The van der Waals surface area contributed by atoms with Crippen molar-refractivity contribution in [2.24, 2.45) is 5.14 Å². The lowest BCUT2D eigenvalue weighted by atomic mass is 10.1. The molecule has 0 aliphatic heterocycles. The van der Waals surface area contributed by atoms with E-state index < -0.39 is 10.0 Å². The summed E-state index contributed by atoms with van der Waals surface area (Å²) in [7, 11) is -3.66. The van der Waals surface area contributed by atoms with E-state index in [1.165, 1.54) is 12.1 Å². The van der Waals surface area contributed by atoms with Crippen LogP contribution in [0.1, 0.15) is 0 Å². The van der Waals surface area contributed by atoms with Crippen LogP contribution >= 0.6 is 0 Å². The number of para-hydroxylation sites is 1. The summed E-state index contributed by atoms with van der Waals surface area (Å²) in [5.41, 5.74) is 2.79. The lowest BCUT2D eigenvalue weighted by molar-refractivity contribution is 0.598. The molecule has 2 N–H and O–H groups in total. The van der Waals surface area contributed by atoms with Crippen molar-refractivity contribution in [1.82, 2.24) is 4.57 Å². The molecule has 1 aromatic heterocycles. The van der Waals surface area contributed by atoms with E-state index >= 15 is 0 Å². The number of sulfonamides is 1. The normalized spacial score (nSPS) is 11.5.